The van der Waals surface area contributed by atoms with E-state index in [1.807, 2.05) is 41.5 Å². The molecule has 310 valence electrons. The second-order valence-electron chi connectivity index (χ2n) is 20.9. The number of ether oxygens (including phenoxy) is 4. The number of esters is 4. The zero-order chi connectivity index (χ0) is 39.7. The second-order valence-corrected chi connectivity index (χ2v) is 20.9. The van der Waals surface area contributed by atoms with E-state index < -0.39 is 5.60 Å². The van der Waals surface area contributed by atoms with E-state index in [-0.39, 0.29) is 70.5 Å². The molecule has 0 amide bonds. The van der Waals surface area contributed by atoms with E-state index in [1.165, 1.54) is 38.5 Å². The Morgan fingerprint density at radius 2 is 1.35 bits per heavy atom. The van der Waals surface area contributed by atoms with Crippen LogP contribution in [0.1, 0.15) is 165 Å². The van der Waals surface area contributed by atoms with Crippen molar-refractivity contribution >= 4 is 23.9 Å². The van der Waals surface area contributed by atoms with Gasteiger partial charge in [0, 0.05) is 18.3 Å². The molecule has 0 aromatic heterocycles. The summed E-state index contributed by atoms with van der Waals surface area (Å²) >= 11 is 0. The van der Waals surface area contributed by atoms with Crippen LogP contribution in [-0.4, -0.2) is 58.0 Å². The SMILES string of the molecule is CCC(C)(C)C(=O)OC1(CC)C2CC3CC(C2)CC1C3.CCC(C)C(=O)OC12CC3CC(CC(O)(C3)C1)C2.CCC(C)C(=O)OC1C2CC3OC(=O)C1C3C2. The predicted molar refractivity (Wildman–Crippen MR) is 207 cm³/mol. The fourth-order valence-corrected chi connectivity index (χ4v) is 13.5. The first-order valence-electron chi connectivity index (χ1n) is 22.6. The minimum atomic E-state index is -0.542. The standard InChI is InChI=1S/C18H30O2.C15H24O3.C13H18O4/c1-5-17(3,4)16(19)20-18(6-2)14-8-12-7-13(10-14)11-15(18)9-12;1-3-10(2)13(16)18-15-7-11-4-12(8-15)6-14(17,5-11)9-15;1-3-6(2)12(14)17-11-7-4-8-9(5-7)16-13(15)10(8)11/h12-15H,5-11H2,1-4H3;10-12,17H,3-9H2,1-2H3;6-11H,3-5H2,1-2H3. The van der Waals surface area contributed by atoms with Gasteiger partial charge in [0.1, 0.15) is 29.3 Å². The van der Waals surface area contributed by atoms with Crippen LogP contribution in [-0.2, 0) is 38.1 Å². The molecule has 0 aromatic rings. The fraction of sp³-hybridized carbons (Fsp3) is 0.913. The van der Waals surface area contributed by atoms with Gasteiger partial charge < -0.3 is 24.1 Å². The summed E-state index contributed by atoms with van der Waals surface area (Å²) in [5.41, 5.74) is -1.34. The summed E-state index contributed by atoms with van der Waals surface area (Å²) in [6, 6.07) is 0. The number of hydrogen-bond acceptors (Lipinski definition) is 9. The Hall–Kier alpha value is -2.16. The van der Waals surface area contributed by atoms with Gasteiger partial charge in [-0.1, -0.05) is 41.5 Å². The topological polar surface area (TPSA) is 125 Å². The van der Waals surface area contributed by atoms with Gasteiger partial charge in [0.05, 0.1) is 22.9 Å². The van der Waals surface area contributed by atoms with Crippen molar-refractivity contribution in [2.45, 2.75) is 194 Å². The maximum absolute atomic E-state index is 12.6. The zero-order valence-electron chi connectivity index (χ0n) is 35.2. The van der Waals surface area contributed by atoms with E-state index in [9.17, 15) is 24.3 Å². The van der Waals surface area contributed by atoms with Gasteiger partial charge in [-0.2, -0.15) is 0 Å². The summed E-state index contributed by atoms with van der Waals surface area (Å²) in [6.07, 6.45) is 17.6. The van der Waals surface area contributed by atoms with Gasteiger partial charge in [-0.25, -0.2) is 0 Å². The van der Waals surface area contributed by atoms with Crippen LogP contribution in [0.15, 0.2) is 0 Å². The fourth-order valence-electron chi connectivity index (χ4n) is 13.5. The first kappa shape index (κ1) is 41.0. The quantitative estimate of drug-likeness (QED) is 0.172. The lowest BCUT2D eigenvalue weighted by Gasteiger charge is -2.60. The molecule has 9 nitrogen and oxygen atoms in total. The van der Waals surface area contributed by atoms with Crippen molar-refractivity contribution in [2.75, 3.05) is 0 Å². The highest BCUT2D eigenvalue weighted by molar-refractivity contribution is 5.79. The Kier molecular flexibility index (Phi) is 11.3. The third-order valence-corrected chi connectivity index (χ3v) is 16.8. The lowest BCUT2D eigenvalue weighted by atomic mass is 9.49. The normalized spacial score (nSPS) is 44.5. The van der Waals surface area contributed by atoms with Crippen LogP contribution in [0.25, 0.3) is 0 Å². The van der Waals surface area contributed by atoms with Crippen LogP contribution in [0.5, 0.6) is 0 Å². The van der Waals surface area contributed by atoms with Crippen LogP contribution in [0.3, 0.4) is 0 Å². The van der Waals surface area contributed by atoms with Gasteiger partial charge in [0.2, 0.25) is 0 Å². The summed E-state index contributed by atoms with van der Waals surface area (Å²) in [5.74, 6) is 4.30. The van der Waals surface area contributed by atoms with Crippen molar-refractivity contribution in [3.05, 3.63) is 0 Å². The molecule has 1 saturated heterocycles. The number of carbonyl (C=O) groups excluding carboxylic acids is 4. The Balaban J connectivity index is 0.000000127. The van der Waals surface area contributed by atoms with Crippen LogP contribution in [0.4, 0.5) is 0 Å². The van der Waals surface area contributed by atoms with Crippen LogP contribution >= 0.6 is 0 Å². The smallest absolute Gasteiger partial charge is 0.313 e. The molecule has 55 heavy (non-hydrogen) atoms. The lowest BCUT2D eigenvalue weighted by Crippen LogP contribution is -2.60. The van der Waals surface area contributed by atoms with Crippen LogP contribution in [0, 0.1) is 70.5 Å². The molecule has 1 aliphatic heterocycles. The minimum Gasteiger partial charge on any atom is -0.462 e. The number of rotatable bonds is 10. The molecule has 1 heterocycles. The molecule has 11 aliphatic rings. The van der Waals surface area contributed by atoms with Crippen LogP contribution < -0.4 is 0 Å². The van der Waals surface area contributed by atoms with E-state index in [4.69, 9.17) is 18.9 Å². The summed E-state index contributed by atoms with van der Waals surface area (Å²) in [6.45, 7) is 16.1. The third kappa shape index (κ3) is 7.64. The summed E-state index contributed by atoms with van der Waals surface area (Å²) < 4.78 is 23.0. The molecule has 9 unspecified atom stereocenters. The van der Waals surface area contributed by atoms with Gasteiger partial charge in [-0.05, 0) is 152 Å². The molecule has 0 spiro atoms. The molecule has 1 N–H and O–H groups in total. The van der Waals surface area contributed by atoms with Crippen molar-refractivity contribution in [3.63, 3.8) is 0 Å². The Labute approximate surface area is 330 Å². The first-order chi connectivity index (χ1) is 26.0. The average molecular weight is 769 g/mol. The van der Waals surface area contributed by atoms with Gasteiger partial charge >= 0.3 is 23.9 Å². The Bertz CT molecular complexity index is 1420. The molecular weight excluding hydrogens is 696 g/mol. The molecule has 0 aromatic carbocycles. The van der Waals surface area contributed by atoms with Crippen LogP contribution in [0.2, 0.25) is 0 Å². The molecule has 0 radical (unpaired) electrons. The molecule has 11 rings (SSSR count). The van der Waals surface area contributed by atoms with E-state index in [1.54, 1.807) is 0 Å². The highest BCUT2D eigenvalue weighted by Crippen LogP contribution is 2.62. The molecule has 9 atom stereocenters. The Morgan fingerprint density at radius 3 is 1.87 bits per heavy atom. The predicted octanol–water partition coefficient (Wildman–Crippen LogP) is 8.76. The van der Waals surface area contributed by atoms with Crippen molar-refractivity contribution in [3.8, 4) is 0 Å². The zero-order valence-corrected chi connectivity index (χ0v) is 35.2. The number of hydrogen-bond donors (Lipinski definition) is 1. The van der Waals surface area contributed by atoms with E-state index in [2.05, 4.69) is 13.8 Å². The molecule has 11 fully saturated rings. The van der Waals surface area contributed by atoms with E-state index in [0.717, 1.165) is 76.0 Å². The number of aliphatic hydroxyl groups is 1. The van der Waals surface area contributed by atoms with Gasteiger partial charge in [-0.15, -0.1) is 0 Å². The summed E-state index contributed by atoms with van der Waals surface area (Å²) in [5, 5.41) is 10.6. The highest BCUT2D eigenvalue weighted by atomic mass is 16.6. The van der Waals surface area contributed by atoms with E-state index >= 15 is 0 Å². The Morgan fingerprint density at radius 1 is 0.782 bits per heavy atom. The summed E-state index contributed by atoms with van der Waals surface area (Å²) in [7, 11) is 0. The van der Waals surface area contributed by atoms with Gasteiger partial charge in [-0.3, -0.25) is 19.2 Å². The minimum absolute atomic E-state index is 0.0207. The van der Waals surface area contributed by atoms with Crippen molar-refractivity contribution in [1.82, 2.24) is 0 Å². The molecule has 10 bridgehead atoms. The van der Waals surface area contributed by atoms with Crippen molar-refractivity contribution < 1.29 is 43.2 Å². The molecule has 10 saturated carbocycles. The van der Waals surface area contributed by atoms with Gasteiger partial charge in [0.25, 0.3) is 0 Å². The van der Waals surface area contributed by atoms with Crippen molar-refractivity contribution in [1.29, 1.82) is 0 Å². The number of carbonyl (C=O) groups is 4. The summed E-state index contributed by atoms with van der Waals surface area (Å²) in [4.78, 5) is 48.2. The van der Waals surface area contributed by atoms with Crippen molar-refractivity contribution in [2.24, 2.45) is 70.5 Å². The first-order valence-corrected chi connectivity index (χ1v) is 22.6. The second kappa shape index (κ2) is 15.2. The third-order valence-electron chi connectivity index (χ3n) is 16.8. The highest BCUT2D eigenvalue weighted by Gasteiger charge is 2.64. The maximum Gasteiger partial charge on any atom is 0.313 e. The van der Waals surface area contributed by atoms with Gasteiger partial charge in [0.15, 0.2) is 0 Å². The molecular formula is C46H72O9. The molecule has 10 aliphatic carbocycles. The lowest BCUT2D eigenvalue weighted by molar-refractivity contribution is -0.222. The largest absolute Gasteiger partial charge is 0.462 e. The molecule has 9 heteroatoms. The average Bonchev–Trinajstić information content (AvgIpc) is 3.76. The van der Waals surface area contributed by atoms with E-state index in [0.29, 0.717) is 41.9 Å². The monoisotopic (exact) mass is 769 g/mol. The maximum atomic E-state index is 12.6. The number of fused-ring (bicyclic) bond motifs is 1.